The first kappa shape index (κ1) is 15.4. The lowest BCUT2D eigenvalue weighted by Crippen LogP contribution is -2.30. The van der Waals surface area contributed by atoms with Crippen molar-refractivity contribution in [3.63, 3.8) is 0 Å². The Morgan fingerprint density at radius 2 is 2.04 bits per heavy atom. The van der Waals surface area contributed by atoms with E-state index in [-0.39, 0.29) is 17.5 Å². The van der Waals surface area contributed by atoms with E-state index in [4.69, 9.17) is 9.15 Å². The molecule has 0 unspecified atom stereocenters. The standard InChI is InChI=1S/C15H18N4O4/c20-19(21)14-6-5-13(23-14)15-17-9-12(10-18-15)22-8-7-16-11-3-1-2-4-11/h5-6,9-11,16H,1-4,7-8H2. The van der Waals surface area contributed by atoms with E-state index in [0.29, 0.717) is 18.4 Å². The molecule has 0 amide bonds. The lowest BCUT2D eigenvalue weighted by atomic mass is 10.2. The molecule has 1 aliphatic rings. The van der Waals surface area contributed by atoms with E-state index in [1.807, 2.05) is 0 Å². The number of hydrogen-bond donors (Lipinski definition) is 1. The summed E-state index contributed by atoms with van der Waals surface area (Å²) in [6.45, 7) is 1.34. The van der Waals surface area contributed by atoms with E-state index in [2.05, 4.69) is 15.3 Å². The van der Waals surface area contributed by atoms with Crippen molar-refractivity contribution in [1.82, 2.24) is 15.3 Å². The molecule has 2 heterocycles. The molecule has 2 aromatic rings. The fourth-order valence-corrected chi connectivity index (χ4v) is 2.63. The minimum Gasteiger partial charge on any atom is -0.489 e. The van der Waals surface area contributed by atoms with Crippen LogP contribution in [0.4, 0.5) is 5.88 Å². The van der Waals surface area contributed by atoms with Crippen molar-refractivity contribution in [2.45, 2.75) is 31.7 Å². The highest BCUT2D eigenvalue weighted by Gasteiger charge is 2.15. The van der Waals surface area contributed by atoms with Crippen molar-refractivity contribution in [3.8, 4) is 17.3 Å². The lowest BCUT2D eigenvalue weighted by Gasteiger charge is -2.12. The molecule has 0 aliphatic heterocycles. The summed E-state index contributed by atoms with van der Waals surface area (Å²) in [6.07, 6.45) is 8.16. The molecule has 0 radical (unpaired) electrons. The Morgan fingerprint density at radius 3 is 2.70 bits per heavy atom. The van der Waals surface area contributed by atoms with Crippen LogP contribution in [0.2, 0.25) is 0 Å². The van der Waals surface area contributed by atoms with E-state index >= 15 is 0 Å². The van der Waals surface area contributed by atoms with Crippen LogP contribution >= 0.6 is 0 Å². The third kappa shape index (κ3) is 4.04. The SMILES string of the molecule is O=[N+]([O-])c1ccc(-c2ncc(OCCNC3CCCC3)cn2)o1. The summed E-state index contributed by atoms with van der Waals surface area (Å²) in [4.78, 5) is 18.2. The van der Waals surface area contributed by atoms with Gasteiger partial charge in [-0.05, 0) is 18.9 Å². The topological polar surface area (TPSA) is 103 Å². The molecule has 1 fully saturated rings. The summed E-state index contributed by atoms with van der Waals surface area (Å²) in [6, 6.07) is 3.36. The third-order valence-corrected chi connectivity index (χ3v) is 3.78. The molecule has 0 aromatic carbocycles. The molecule has 8 nitrogen and oxygen atoms in total. The van der Waals surface area contributed by atoms with Crippen molar-refractivity contribution < 1.29 is 14.1 Å². The van der Waals surface area contributed by atoms with Crippen LogP contribution in [0, 0.1) is 10.1 Å². The van der Waals surface area contributed by atoms with Crippen molar-refractivity contribution >= 4 is 5.88 Å². The minimum atomic E-state index is -0.599. The van der Waals surface area contributed by atoms with Gasteiger partial charge in [0.15, 0.2) is 17.3 Å². The van der Waals surface area contributed by atoms with Gasteiger partial charge in [0.25, 0.3) is 0 Å². The van der Waals surface area contributed by atoms with E-state index < -0.39 is 4.92 Å². The smallest absolute Gasteiger partial charge is 0.433 e. The summed E-state index contributed by atoms with van der Waals surface area (Å²) in [5, 5.41) is 14.0. The molecule has 122 valence electrons. The fourth-order valence-electron chi connectivity index (χ4n) is 2.63. The zero-order valence-electron chi connectivity index (χ0n) is 12.6. The number of hydrogen-bond acceptors (Lipinski definition) is 7. The Labute approximate surface area is 133 Å². The molecular weight excluding hydrogens is 300 g/mol. The van der Waals surface area contributed by atoms with Crippen LogP contribution in [0.3, 0.4) is 0 Å². The molecule has 8 heteroatoms. The molecule has 1 saturated carbocycles. The quantitative estimate of drug-likeness (QED) is 0.475. The fraction of sp³-hybridized carbons (Fsp3) is 0.467. The summed E-state index contributed by atoms with van der Waals surface area (Å²) in [5.41, 5.74) is 0. The highest BCUT2D eigenvalue weighted by Crippen LogP contribution is 2.23. The number of nitrogens with zero attached hydrogens (tertiary/aromatic N) is 3. The number of ether oxygens (including phenoxy) is 1. The van der Waals surface area contributed by atoms with Gasteiger partial charge in [-0.25, -0.2) is 9.97 Å². The second-order valence-corrected chi connectivity index (χ2v) is 5.42. The number of nitrogens with one attached hydrogen (secondary N) is 1. The van der Waals surface area contributed by atoms with Crippen LogP contribution in [0.15, 0.2) is 28.9 Å². The minimum absolute atomic E-state index is 0.256. The van der Waals surface area contributed by atoms with Crippen LogP contribution < -0.4 is 10.1 Å². The van der Waals surface area contributed by atoms with E-state index in [9.17, 15) is 10.1 Å². The maximum atomic E-state index is 10.6. The third-order valence-electron chi connectivity index (χ3n) is 3.78. The van der Waals surface area contributed by atoms with Crippen molar-refractivity contribution in [3.05, 3.63) is 34.6 Å². The second kappa shape index (κ2) is 7.19. The number of furan rings is 1. The van der Waals surface area contributed by atoms with Crippen molar-refractivity contribution in [2.24, 2.45) is 0 Å². The van der Waals surface area contributed by atoms with Crippen LogP contribution in [-0.2, 0) is 0 Å². The van der Waals surface area contributed by atoms with Gasteiger partial charge in [-0.1, -0.05) is 12.8 Å². The highest BCUT2D eigenvalue weighted by molar-refractivity contribution is 5.48. The Morgan fingerprint density at radius 1 is 1.30 bits per heavy atom. The summed E-state index contributed by atoms with van der Waals surface area (Å²) >= 11 is 0. The predicted octanol–water partition coefficient (Wildman–Crippen LogP) is 2.56. The first-order valence-corrected chi connectivity index (χ1v) is 7.65. The maximum absolute atomic E-state index is 10.6. The average molecular weight is 318 g/mol. The van der Waals surface area contributed by atoms with Gasteiger partial charge in [-0.3, -0.25) is 10.1 Å². The Kier molecular flexibility index (Phi) is 4.82. The summed E-state index contributed by atoms with van der Waals surface area (Å²) in [7, 11) is 0. The second-order valence-electron chi connectivity index (χ2n) is 5.42. The molecule has 0 saturated heterocycles. The normalized spacial score (nSPS) is 15.0. The van der Waals surface area contributed by atoms with Gasteiger partial charge in [-0.15, -0.1) is 0 Å². The number of aromatic nitrogens is 2. The molecule has 1 aliphatic carbocycles. The summed E-state index contributed by atoms with van der Waals surface area (Å²) < 4.78 is 10.6. The van der Waals surface area contributed by atoms with Crippen LogP contribution in [-0.4, -0.2) is 34.1 Å². The van der Waals surface area contributed by atoms with Gasteiger partial charge in [0.2, 0.25) is 0 Å². The molecule has 0 bridgehead atoms. The van der Waals surface area contributed by atoms with E-state index in [1.165, 1.54) is 50.2 Å². The van der Waals surface area contributed by atoms with Crippen molar-refractivity contribution in [1.29, 1.82) is 0 Å². The summed E-state index contributed by atoms with van der Waals surface area (Å²) in [5.74, 6) is 0.769. The first-order valence-electron chi connectivity index (χ1n) is 7.65. The maximum Gasteiger partial charge on any atom is 0.433 e. The zero-order chi connectivity index (χ0) is 16.1. The van der Waals surface area contributed by atoms with Gasteiger partial charge in [-0.2, -0.15) is 0 Å². The van der Waals surface area contributed by atoms with Crippen LogP contribution in [0.25, 0.3) is 11.6 Å². The lowest BCUT2D eigenvalue weighted by molar-refractivity contribution is -0.401. The van der Waals surface area contributed by atoms with Crippen molar-refractivity contribution in [2.75, 3.05) is 13.2 Å². The highest BCUT2D eigenvalue weighted by atomic mass is 16.6. The van der Waals surface area contributed by atoms with Gasteiger partial charge in [0, 0.05) is 12.6 Å². The van der Waals surface area contributed by atoms with Crippen LogP contribution in [0.1, 0.15) is 25.7 Å². The molecule has 0 atom stereocenters. The van der Waals surface area contributed by atoms with Gasteiger partial charge >= 0.3 is 5.88 Å². The average Bonchev–Trinajstić information content (AvgIpc) is 3.24. The molecule has 23 heavy (non-hydrogen) atoms. The van der Waals surface area contributed by atoms with E-state index in [0.717, 1.165) is 6.54 Å². The molecule has 1 N–H and O–H groups in total. The monoisotopic (exact) mass is 318 g/mol. The number of nitro groups is 1. The van der Waals surface area contributed by atoms with E-state index in [1.54, 1.807) is 0 Å². The number of rotatable bonds is 7. The predicted molar refractivity (Wildman–Crippen MR) is 82.1 cm³/mol. The Bertz CT molecular complexity index is 650. The molecule has 2 aromatic heterocycles. The Hall–Kier alpha value is -2.48. The Balaban J connectivity index is 1.49. The molecule has 0 spiro atoms. The first-order chi connectivity index (χ1) is 11.2. The molecular formula is C15H18N4O4. The molecule has 3 rings (SSSR count). The zero-order valence-corrected chi connectivity index (χ0v) is 12.6. The van der Waals surface area contributed by atoms with Gasteiger partial charge in [0.1, 0.15) is 11.5 Å². The van der Waals surface area contributed by atoms with Gasteiger partial charge in [0.05, 0.1) is 18.5 Å². The largest absolute Gasteiger partial charge is 0.489 e. The van der Waals surface area contributed by atoms with Crippen LogP contribution in [0.5, 0.6) is 5.75 Å². The van der Waals surface area contributed by atoms with Gasteiger partial charge < -0.3 is 14.5 Å².